The fourth-order valence-corrected chi connectivity index (χ4v) is 5.48. The summed E-state index contributed by atoms with van der Waals surface area (Å²) in [5.74, 6) is 2.66. The van der Waals surface area contributed by atoms with E-state index in [0.29, 0.717) is 6.61 Å². The molecule has 0 bridgehead atoms. The van der Waals surface area contributed by atoms with Crippen molar-refractivity contribution >= 4 is 10.8 Å². The zero-order valence-electron chi connectivity index (χ0n) is 22.7. The van der Waals surface area contributed by atoms with Crippen LogP contribution in [0.15, 0.2) is 60.7 Å². The molecule has 0 spiro atoms. The van der Waals surface area contributed by atoms with Crippen molar-refractivity contribution in [1.29, 1.82) is 0 Å². The van der Waals surface area contributed by atoms with Crippen LogP contribution in [0.2, 0.25) is 0 Å². The van der Waals surface area contributed by atoms with Crippen molar-refractivity contribution in [3.63, 3.8) is 0 Å². The third-order valence-electron chi connectivity index (χ3n) is 7.52. The number of hydrogen-bond acceptors (Lipinski definition) is 4. The molecule has 194 valence electrons. The van der Waals surface area contributed by atoms with Crippen LogP contribution in [0.25, 0.3) is 10.8 Å². The van der Waals surface area contributed by atoms with E-state index in [-0.39, 0.29) is 5.41 Å². The molecule has 4 rings (SSSR count). The minimum atomic E-state index is 0.151. The number of benzene rings is 3. The van der Waals surface area contributed by atoms with Gasteiger partial charge in [-0.05, 0) is 98.1 Å². The Kier molecular flexibility index (Phi) is 9.28. The number of likely N-dealkylation sites (tertiary alicyclic amines) is 1. The van der Waals surface area contributed by atoms with Gasteiger partial charge in [0, 0.05) is 19.6 Å². The summed E-state index contributed by atoms with van der Waals surface area (Å²) in [6.45, 7) is 12.8. The minimum absolute atomic E-state index is 0.151. The Balaban J connectivity index is 1.28. The zero-order valence-corrected chi connectivity index (χ0v) is 22.7. The zero-order chi connectivity index (χ0) is 25.4. The number of hydrogen-bond donors (Lipinski definition) is 1. The average molecular weight is 489 g/mol. The average Bonchev–Trinajstić information content (AvgIpc) is 2.87. The molecule has 1 aliphatic heterocycles. The lowest BCUT2D eigenvalue weighted by molar-refractivity contribution is 0.144. The van der Waals surface area contributed by atoms with Gasteiger partial charge in [0.2, 0.25) is 0 Å². The summed E-state index contributed by atoms with van der Waals surface area (Å²) in [7, 11) is 1.95. The van der Waals surface area contributed by atoms with Gasteiger partial charge in [-0.2, -0.15) is 0 Å². The standard InChI is InChI=1S/C32H44N2O2/c1-25-8-13-30(14-9-25)35-19-6-18-34-17-5-7-26(24-34)23-32(2,3)29-12-10-28-22-31(36-20-16-33-4)15-11-27(28)21-29/h8-15,21-22,26,33H,5-7,16-20,23-24H2,1-4H3. The van der Waals surface area contributed by atoms with E-state index in [9.17, 15) is 0 Å². The van der Waals surface area contributed by atoms with Crippen LogP contribution in [0.1, 0.15) is 50.7 Å². The molecule has 4 heteroatoms. The minimum Gasteiger partial charge on any atom is -0.494 e. The molecule has 1 unspecified atom stereocenters. The highest BCUT2D eigenvalue weighted by atomic mass is 16.5. The van der Waals surface area contributed by atoms with Crippen LogP contribution in [-0.2, 0) is 5.41 Å². The molecular formula is C32H44N2O2. The van der Waals surface area contributed by atoms with Crippen LogP contribution in [0.5, 0.6) is 11.5 Å². The van der Waals surface area contributed by atoms with Gasteiger partial charge < -0.3 is 19.7 Å². The van der Waals surface area contributed by atoms with Crippen LogP contribution < -0.4 is 14.8 Å². The molecule has 1 fully saturated rings. The monoisotopic (exact) mass is 488 g/mol. The summed E-state index contributed by atoms with van der Waals surface area (Å²) in [6, 6.07) is 21.8. The Hall–Kier alpha value is -2.56. The molecule has 0 aliphatic carbocycles. The van der Waals surface area contributed by atoms with E-state index in [1.54, 1.807) is 0 Å². The molecule has 1 N–H and O–H groups in total. The maximum Gasteiger partial charge on any atom is 0.120 e. The number of likely N-dealkylation sites (N-methyl/N-ethyl adjacent to an activating group) is 1. The predicted molar refractivity (Wildman–Crippen MR) is 151 cm³/mol. The largest absolute Gasteiger partial charge is 0.494 e. The van der Waals surface area contributed by atoms with Crippen molar-refractivity contribution < 1.29 is 9.47 Å². The first-order chi connectivity index (χ1) is 17.4. The Morgan fingerprint density at radius 1 is 0.917 bits per heavy atom. The van der Waals surface area contributed by atoms with Crippen LogP contribution >= 0.6 is 0 Å². The molecule has 0 saturated carbocycles. The summed E-state index contributed by atoms with van der Waals surface area (Å²) < 4.78 is 11.8. The maximum absolute atomic E-state index is 5.95. The highest BCUT2D eigenvalue weighted by Gasteiger charge is 2.28. The number of ether oxygens (including phenoxy) is 2. The fourth-order valence-electron chi connectivity index (χ4n) is 5.48. The van der Waals surface area contributed by atoms with E-state index in [4.69, 9.17) is 9.47 Å². The lowest BCUT2D eigenvalue weighted by Gasteiger charge is -2.37. The molecule has 0 radical (unpaired) electrons. The SMILES string of the molecule is CNCCOc1ccc2cc(C(C)(C)CC3CCCN(CCCOc4ccc(C)cc4)C3)ccc2c1. The lowest BCUT2D eigenvalue weighted by atomic mass is 9.74. The number of nitrogens with one attached hydrogen (secondary N) is 1. The number of fused-ring (bicyclic) bond motifs is 1. The van der Waals surface area contributed by atoms with Crippen molar-refractivity contribution in [2.24, 2.45) is 5.92 Å². The van der Waals surface area contributed by atoms with Gasteiger partial charge >= 0.3 is 0 Å². The molecule has 1 saturated heterocycles. The van der Waals surface area contributed by atoms with Gasteiger partial charge in [-0.3, -0.25) is 0 Å². The molecule has 3 aromatic rings. The van der Waals surface area contributed by atoms with Crippen LogP contribution in [0.3, 0.4) is 0 Å². The summed E-state index contributed by atoms with van der Waals surface area (Å²) in [4.78, 5) is 2.65. The third kappa shape index (κ3) is 7.47. The number of rotatable bonds is 12. The second kappa shape index (κ2) is 12.6. The first kappa shape index (κ1) is 26.5. The molecule has 1 atom stereocenters. The van der Waals surface area contributed by atoms with Crippen LogP contribution in [0.4, 0.5) is 0 Å². The van der Waals surface area contributed by atoms with Gasteiger partial charge in [0.05, 0.1) is 6.61 Å². The highest BCUT2D eigenvalue weighted by Crippen LogP contribution is 2.36. The number of nitrogens with zero attached hydrogens (tertiary/aromatic N) is 1. The van der Waals surface area contributed by atoms with Crippen molar-refractivity contribution in [3.05, 3.63) is 71.8 Å². The van der Waals surface area contributed by atoms with Gasteiger partial charge in [0.1, 0.15) is 18.1 Å². The molecule has 0 aromatic heterocycles. The Morgan fingerprint density at radius 2 is 1.64 bits per heavy atom. The normalized spacial score (nSPS) is 16.8. The van der Waals surface area contributed by atoms with Crippen molar-refractivity contribution in [2.75, 3.05) is 46.4 Å². The van der Waals surface area contributed by atoms with E-state index >= 15 is 0 Å². The molecular weight excluding hydrogens is 444 g/mol. The van der Waals surface area contributed by atoms with Crippen molar-refractivity contribution in [1.82, 2.24) is 10.2 Å². The first-order valence-corrected chi connectivity index (χ1v) is 13.7. The second-order valence-corrected chi connectivity index (χ2v) is 11.1. The second-order valence-electron chi connectivity index (χ2n) is 11.1. The number of piperidine rings is 1. The van der Waals surface area contributed by atoms with Gasteiger partial charge in [-0.15, -0.1) is 0 Å². The van der Waals surface area contributed by atoms with Crippen LogP contribution in [-0.4, -0.2) is 51.3 Å². The quantitative estimate of drug-likeness (QED) is 0.291. The highest BCUT2D eigenvalue weighted by molar-refractivity contribution is 5.84. The van der Waals surface area contributed by atoms with Crippen LogP contribution in [0, 0.1) is 12.8 Å². The fraction of sp³-hybridized carbons (Fsp3) is 0.500. The Bertz CT molecular complexity index is 1090. The smallest absolute Gasteiger partial charge is 0.120 e. The summed E-state index contributed by atoms with van der Waals surface area (Å²) in [6.07, 6.45) is 4.93. The maximum atomic E-state index is 5.95. The van der Waals surface area contributed by atoms with Crippen molar-refractivity contribution in [3.8, 4) is 11.5 Å². The Labute approximate surface area is 218 Å². The third-order valence-corrected chi connectivity index (χ3v) is 7.52. The van der Waals surface area contributed by atoms with E-state index < -0.39 is 0 Å². The number of aryl methyl sites for hydroxylation is 1. The van der Waals surface area contributed by atoms with E-state index in [2.05, 4.69) is 91.7 Å². The van der Waals surface area contributed by atoms with Gasteiger partial charge in [-0.25, -0.2) is 0 Å². The summed E-state index contributed by atoms with van der Waals surface area (Å²) >= 11 is 0. The summed E-state index contributed by atoms with van der Waals surface area (Å²) in [5.41, 5.74) is 2.86. The molecule has 36 heavy (non-hydrogen) atoms. The van der Waals surface area contributed by atoms with E-state index in [1.807, 2.05) is 7.05 Å². The lowest BCUT2D eigenvalue weighted by Crippen LogP contribution is -2.38. The topological polar surface area (TPSA) is 33.7 Å². The van der Waals surface area contributed by atoms with E-state index in [1.165, 1.54) is 54.3 Å². The van der Waals surface area contributed by atoms with Crippen molar-refractivity contribution in [2.45, 2.75) is 51.9 Å². The molecule has 3 aromatic carbocycles. The van der Waals surface area contributed by atoms with E-state index in [0.717, 1.165) is 43.5 Å². The van der Waals surface area contributed by atoms with Gasteiger partial charge in [0.25, 0.3) is 0 Å². The summed E-state index contributed by atoms with van der Waals surface area (Å²) in [5, 5.41) is 5.66. The predicted octanol–water partition coefficient (Wildman–Crippen LogP) is 6.60. The van der Waals surface area contributed by atoms with Gasteiger partial charge in [0.15, 0.2) is 0 Å². The molecule has 1 heterocycles. The molecule has 0 amide bonds. The Morgan fingerprint density at radius 3 is 2.44 bits per heavy atom. The van der Waals surface area contributed by atoms with Gasteiger partial charge in [-0.1, -0.05) is 55.8 Å². The molecule has 1 aliphatic rings. The molecule has 4 nitrogen and oxygen atoms in total. The first-order valence-electron chi connectivity index (χ1n) is 13.7.